The average molecular weight is 450 g/mol. The summed E-state index contributed by atoms with van der Waals surface area (Å²) >= 11 is 11.4. The topological polar surface area (TPSA) is 54.0 Å². The van der Waals surface area contributed by atoms with Crippen LogP contribution in [0.5, 0.6) is 11.5 Å². The van der Waals surface area contributed by atoms with E-state index in [1.54, 1.807) is 19.1 Å². The Hall–Kier alpha value is -2.58. The number of piperazine rings is 1. The quantitative estimate of drug-likeness (QED) is 0.722. The van der Waals surface area contributed by atoms with Crippen LogP contribution in [-0.2, 0) is 11.2 Å². The van der Waals surface area contributed by atoms with Crippen LogP contribution in [0.4, 0.5) is 10.1 Å². The van der Waals surface area contributed by atoms with Crippen molar-refractivity contribution in [3.8, 4) is 11.5 Å². The summed E-state index contributed by atoms with van der Waals surface area (Å²) in [6.45, 7) is 1.25. The number of amides is 1. The molecule has 0 spiro atoms. The molecule has 0 bridgehead atoms. The molecule has 2 aromatic carbocycles. The monoisotopic (exact) mass is 449 g/mol. The molecular formula is C21H21ClFN3O3S. The van der Waals surface area contributed by atoms with Crippen LogP contribution in [-0.4, -0.2) is 54.7 Å². The van der Waals surface area contributed by atoms with E-state index in [0.717, 1.165) is 17.5 Å². The van der Waals surface area contributed by atoms with Crippen molar-refractivity contribution in [1.82, 2.24) is 9.80 Å². The van der Waals surface area contributed by atoms with Gasteiger partial charge in [-0.3, -0.25) is 4.79 Å². The Bertz CT molecular complexity index is 1020. The summed E-state index contributed by atoms with van der Waals surface area (Å²) in [6.07, 6.45) is 0.744. The first-order valence-corrected chi connectivity index (χ1v) is 10.2. The number of thiocarbonyl (C=S) groups is 1. The van der Waals surface area contributed by atoms with Crippen molar-refractivity contribution in [2.45, 2.75) is 12.5 Å². The van der Waals surface area contributed by atoms with Crippen LogP contribution in [0.15, 0.2) is 30.3 Å². The number of anilines is 1. The molecule has 2 aliphatic rings. The number of carbonyl (C=O) groups excluding carboxylic acids is 1. The normalized spacial score (nSPS) is 17.9. The maximum atomic E-state index is 14.1. The minimum Gasteiger partial charge on any atom is -0.493 e. The highest BCUT2D eigenvalue weighted by Gasteiger charge is 2.38. The summed E-state index contributed by atoms with van der Waals surface area (Å²) in [5, 5.41) is 3.55. The lowest BCUT2D eigenvalue weighted by atomic mass is 9.90. The third kappa shape index (κ3) is 3.77. The molecule has 0 unspecified atom stereocenters. The van der Waals surface area contributed by atoms with Gasteiger partial charge in [0.05, 0.1) is 32.5 Å². The van der Waals surface area contributed by atoms with Gasteiger partial charge in [0.2, 0.25) is 5.91 Å². The fraction of sp³-hybridized carbons (Fsp3) is 0.333. The van der Waals surface area contributed by atoms with Crippen LogP contribution < -0.4 is 14.8 Å². The summed E-state index contributed by atoms with van der Waals surface area (Å²) in [6, 6.07) is 7.91. The minimum absolute atomic E-state index is 0.0256. The van der Waals surface area contributed by atoms with Gasteiger partial charge in [-0.25, -0.2) is 4.39 Å². The Morgan fingerprint density at radius 2 is 1.97 bits per heavy atom. The zero-order chi connectivity index (χ0) is 21.4. The van der Waals surface area contributed by atoms with Gasteiger partial charge in [0, 0.05) is 18.1 Å². The Labute approximate surface area is 184 Å². The van der Waals surface area contributed by atoms with Crippen molar-refractivity contribution >= 4 is 40.5 Å². The molecule has 2 aliphatic heterocycles. The largest absolute Gasteiger partial charge is 0.493 e. The molecule has 0 aliphatic carbocycles. The fourth-order valence-electron chi connectivity index (χ4n) is 3.99. The van der Waals surface area contributed by atoms with Gasteiger partial charge in [0.15, 0.2) is 16.6 Å². The molecule has 1 atom stereocenters. The molecule has 1 fully saturated rings. The van der Waals surface area contributed by atoms with Gasteiger partial charge in [0.25, 0.3) is 0 Å². The highest BCUT2D eigenvalue weighted by molar-refractivity contribution is 7.80. The summed E-state index contributed by atoms with van der Waals surface area (Å²) in [4.78, 5) is 16.5. The number of hydrogen-bond donors (Lipinski definition) is 1. The standard InChI is InChI=1S/C21H21ClFN3O3S/c1-28-18-7-12-5-6-26-17(14(12)9-19(18)29-2)10-25(11-20(26)27)21(30)24-16-8-13(22)3-4-15(16)23/h3-4,7-9,17H,5-6,10-11H2,1-2H3,(H,24,30)/t17-/m0/s1. The molecule has 158 valence electrons. The lowest BCUT2D eigenvalue weighted by molar-refractivity contribution is -0.138. The van der Waals surface area contributed by atoms with Gasteiger partial charge >= 0.3 is 0 Å². The summed E-state index contributed by atoms with van der Waals surface area (Å²) < 4.78 is 25.0. The van der Waals surface area contributed by atoms with Gasteiger partial charge in [-0.1, -0.05) is 11.6 Å². The number of methoxy groups -OCH3 is 2. The van der Waals surface area contributed by atoms with E-state index in [9.17, 15) is 9.18 Å². The first-order valence-electron chi connectivity index (χ1n) is 9.46. The number of ether oxygens (including phenoxy) is 2. The van der Waals surface area contributed by atoms with Crippen molar-refractivity contribution < 1.29 is 18.7 Å². The van der Waals surface area contributed by atoms with E-state index in [-0.39, 0.29) is 29.3 Å². The number of rotatable bonds is 3. The van der Waals surface area contributed by atoms with Gasteiger partial charge in [-0.05, 0) is 60.1 Å². The lowest BCUT2D eigenvalue weighted by Gasteiger charge is -2.45. The molecule has 6 nitrogen and oxygen atoms in total. The molecule has 0 radical (unpaired) electrons. The minimum atomic E-state index is -0.466. The van der Waals surface area contributed by atoms with E-state index in [2.05, 4.69) is 5.32 Å². The van der Waals surface area contributed by atoms with Crippen LogP contribution in [0.2, 0.25) is 5.02 Å². The summed E-state index contributed by atoms with van der Waals surface area (Å²) in [5.74, 6) is 0.788. The van der Waals surface area contributed by atoms with E-state index < -0.39 is 5.82 Å². The molecule has 30 heavy (non-hydrogen) atoms. The molecule has 9 heteroatoms. The molecule has 1 amide bonds. The smallest absolute Gasteiger partial charge is 0.242 e. The van der Waals surface area contributed by atoms with Crippen molar-refractivity contribution in [3.63, 3.8) is 0 Å². The number of halogens is 2. The SMILES string of the molecule is COc1cc2c(cc1OC)[C@@H]1CN(C(=S)Nc3cc(Cl)ccc3F)CC(=O)N1CC2. The Morgan fingerprint density at radius 1 is 1.23 bits per heavy atom. The highest BCUT2D eigenvalue weighted by Crippen LogP contribution is 2.39. The summed E-state index contributed by atoms with van der Waals surface area (Å²) in [5.41, 5.74) is 2.30. The van der Waals surface area contributed by atoms with Gasteiger partial charge in [0.1, 0.15) is 5.82 Å². The third-order valence-electron chi connectivity index (χ3n) is 5.50. The maximum Gasteiger partial charge on any atom is 0.242 e. The molecule has 4 rings (SSSR count). The van der Waals surface area contributed by atoms with E-state index in [4.69, 9.17) is 33.3 Å². The molecule has 0 aromatic heterocycles. The van der Waals surface area contributed by atoms with Crippen LogP contribution in [0.25, 0.3) is 0 Å². The van der Waals surface area contributed by atoms with Crippen molar-refractivity contribution in [2.75, 3.05) is 39.2 Å². The highest BCUT2D eigenvalue weighted by atomic mass is 35.5. The predicted octanol–water partition coefficient (Wildman–Crippen LogP) is 3.63. The van der Waals surface area contributed by atoms with Crippen LogP contribution in [0.3, 0.4) is 0 Å². The molecule has 0 saturated carbocycles. The average Bonchev–Trinajstić information content (AvgIpc) is 2.74. The van der Waals surface area contributed by atoms with Crippen molar-refractivity contribution in [1.29, 1.82) is 0 Å². The number of hydrogen-bond acceptors (Lipinski definition) is 4. The van der Waals surface area contributed by atoms with Crippen LogP contribution >= 0.6 is 23.8 Å². The molecular weight excluding hydrogens is 429 g/mol. The van der Waals surface area contributed by atoms with Crippen molar-refractivity contribution in [3.05, 3.63) is 52.3 Å². The number of benzene rings is 2. The summed E-state index contributed by atoms with van der Waals surface area (Å²) in [7, 11) is 3.19. The van der Waals surface area contributed by atoms with Gasteiger partial charge < -0.3 is 24.6 Å². The van der Waals surface area contributed by atoms with Crippen LogP contribution in [0.1, 0.15) is 17.2 Å². The predicted molar refractivity (Wildman–Crippen MR) is 117 cm³/mol. The van der Waals surface area contributed by atoms with E-state index in [1.807, 2.05) is 17.0 Å². The zero-order valence-corrected chi connectivity index (χ0v) is 18.1. The lowest BCUT2D eigenvalue weighted by Crippen LogP contribution is -2.56. The van der Waals surface area contributed by atoms with Gasteiger partial charge in [-0.15, -0.1) is 0 Å². The van der Waals surface area contributed by atoms with E-state index in [1.165, 1.54) is 18.2 Å². The number of fused-ring (bicyclic) bond motifs is 3. The first kappa shape index (κ1) is 20.7. The van der Waals surface area contributed by atoms with E-state index in [0.29, 0.717) is 29.6 Å². The Morgan fingerprint density at radius 3 is 2.70 bits per heavy atom. The second-order valence-electron chi connectivity index (χ2n) is 7.19. The first-order chi connectivity index (χ1) is 14.4. The number of nitrogens with one attached hydrogen (secondary N) is 1. The second kappa shape index (κ2) is 8.28. The van der Waals surface area contributed by atoms with E-state index >= 15 is 0 Å². The maximum absolute atomic E-state index is 14.1. The molecule has 2 heterocycles. The fourth-order valence-corrected chi connectivity index (χ4v) is 4.41. The third-order valence-corrected chi connectivity index (χ3v) is 6.10. The van der Waals surface area contributed by atoms with Crippen LogP contribution in [0, 0.1) is 5.82 Å². The molecule has 1 N–H and O–H groups in total. The Balaban J connectivity index is 1.61. The molecule has 1 saturated heterocycles. The number of nitrogens with zero attached hydrogens (tertiary/aromatic N) is 2. The second-order valence-corrected chi connectivity index (χ2v) is 8.02. The van der Waals surface area contributed by atoms with Gasteiger partial charge in [-0.2, -0.15) is 0 Å². The van der Waals surface area contributed by atoms with Crippen molar-refractivity contribution in [2.24, 2.45) is 0 Å². The Kier molecular flexibility index (Phi) is 5.71. The number of carbonyl (C=O) groups is 1. The molecule has 2 aromatic rings. The zero-order valence-electron chi connectivity index (χ0n) is 16.6.